The maximum Gasteiger partial charge on any atom is 0.156 e. The van der Waals surface area contributed by atoms with Gasteiger partial charge >= 0.3 is 0 Å². The van der Waals surface area contributed by atoms with Crippen LogP contribution in [0, 0.1) is 6.92 Å². The molecule has 1 atom stereocenters. The summed E-state index contributed by atoms with van der Waals surface area (Å²) in [7, 11) is 0. The monoisotopic (exact) mass is 306 g/mol. The molecule has 3 rings (SSSR count). The number of ether oxygens (including phenoxy) is 1. The molecule has 0 aliphatic carbocycles. The molecule has 3 nitrogen and oxygen atoms in total. The van der Waals surface area contributed by atoms with Crippen LogP contribution in [0.2, 0.25) is 0 Å². The first kappa shape index (κ1) is 15.3. The van der Waals surface area contributed by atoms with Crippen molar-refractivity contribution in [3.05, 3.63) is 72.6 Å². The van der Waals surface area contributed by atoms with E-state index < -0.39 is 0 Å². The Morgan fingerprint density at radius 3 is 2.78 bits per heavy atom. The van der Waals surface area contributed by atoms with Gasteiger partial charge in [-0.2, -0.15) is 0 Å². The summed E-state index contributed by atoms with van der Waals surface area (Å²) in [5.41, 5.74) is 3.31. The average Bonchev–Trinajstić information content (AvgIpc) is 2.92. The van der Waals surface area contributed by atoms with E-state index in [9.17, 15) is 0 Å². The van der Waals surface area contributed by atoms with Crippen molar-refractivity contribution in [1.29, 1.82) is 0 Å². The van der Waals surface area contributed by atoms with Crippen LogP contribution in [-0.4, -0.2) is 9.55 Å². The number of benzene rings is 2. The predicted octanol–water partition coefficient (Wildman–Crippen LogP) is 5.06. The van der Waals surface area contributed by atoms with Gasteiger partial charge in [0.1, 0.15) is 5.75 Å². The fourth-order valence-corrected chi connectivity index (χ4v) is 2.83. The summed E-state index contributed by atoms with van der Waals surface area (Å²) in [5.74, 6) is 1.84. The molecule has 3 aromatic rings. The zero-order valence-electron chi connectivity index (χ0n) is 13.7. The van der Waals surface area contributed by atoms with Crippen LogP contribution in [0.15, 0.2) is 61.2 Å². The summed E-state index contributed by atoms with van der Waals surface area (Å²) < 4.78 is 8.42. The van der Waals surface area contributed by atoms with E-state index in [-0.39, 0.29) is 6.10 Å². The van der Waals surface area contributed by atoms with Crippen molar-refractivity contribution in [2.24, 2.45) is 0 Å². The van der Waals surface area contributed by atoms with Gasteiger partial charge in [-0.05, 0) is 43.2 Å². The highest BCUT2D eigenvalue weighted by molar-refractivity contribution is 5.76. The molecule has 0 N–H and O–H groups in total. The van der Waals surface area contributed by atoms with Crippen LogP contribution in [0.1, 0.15) is 30.8 Å². The molecule has 0 aliphatic rings. The molecule has 0 bridgehead atoms. The quantitative estimate of drug-likeness (QED) is 0.595. The molecule has 0 saturated heterocycles. The van der Waals surface area contributed by atoms with Gasteiger partial charge in [-0.15, -0.1) is 6.58 Å². The molecule has 3 heteroatoms. The fourth-order valence-electron chi connectivity index (χ4n) is 2.83. The summed E-state index contributed by atoms with van der Waals surface area (Å²) in [4.78, 5) is 4.81. The standard InChI is InChI=1S/C20H22N2O/c1-4-13-22-18-12-7-6-11-17(18)21-20(22)19(5-2)23-16-10-8-9-15(3)14-16/h4,6-12,14,19H,1,5,13H2,2-3H3. The number of allylic oxidation sites excluding steroid dienone is 1. The number of fused-ring (bicyclic) bond motifs is 1. The first-order valence-corrected chi connectivity index (χ1v) is 8.02. The van der Waals surface area contributed by atoms with Gasteiger partial charge in [0.05, 0.1) is 11.0 Å². The van der Waals surface area contributed by atoms with E-state index in [0.717, 1.165) is 35.6 Å². The van der Waals surface area contributed by atoms with E-state index in [0.29, 0.717) is 0 Å². The fraction of sp³-hybridized carbons (Fsp3) is 0.250. The molecule has 0 fully saturated rings. The Labute approximate surface area is 137 Å². The Kier molecular flexibility index (Phi) is 4.47. The van der Waals surface area contributed by atoms with E-state index in [2.05, 4.69) is 43.2 Å². The topological polar surface area (TPSA) is 27.1 Å². The second-order valence-corrected chi connectivity index (χ2v) is 5.69. The third kappa shape index (κ3) is 3.14. The highest BCUT2D eigenvalue weighted by Crippen LogP contribution is 2.28. The minimum atomic E-state index is -0.0795. The van der Waals surface area contributed by atoms with Crippen LogP contribution in [0.5, 0.6) is 5.75 Å². The summed E-state index contributed by atoms with van der Waals surface area (Å²) in [5, 5.41) is 0. The van der Waals surface area contributed by atoms with Gasteiger partial charge in [-0.3, -0.25) is 0 Å². The minimum Gasteiger partial charge on any atom is -0.483 e. The summed E-state index contributed by atoms with van der Waals surface area (Å²) >= 11 is 0. The molecule has 118 valence electrons. The number of hydrogen-bond donors (Lipinski definition) is 0. The minimum absolute atomic E-state index is 0.0795. The molecule has 0 radical (unpaired) electrons. The predicted molar refractivity (Wildman–Crippen MR) is 94.8 cm³/mol. The summed E-state index contributed by atoms with van der Waals surface area (Å²) in [6.07, 6.45) is 2.68. The van der Waals surface area contributed by atoms with Gasteiger partial charge in [0.15, 0.2) is 11.9 Å². The zero-order chi connectivity index (χ0) is 16.2. The van der Waals surface area contributed by atoms with E-state index >= 15 is 0 Å². The molecule has 0 spiro atoms. The molecule has 23 heavy (non-hydrogen) atoms. The maximum absolute atomic E-state index is 6.23. The van der Waals surface area contributed by atoms with Crippen molar-refractivity contribution in [1.82, 2.24) is 9.55 Å². The highest BCUT2D eigenvalue weighted by Gasteiger charge is 2.20. The van der Waals surface area contributed by atoms with Crippen LogP contribution in [0.3, 0.4) is 0 Å². The van der Waals surface area contributed by atoms with Crippen LogP contribution < -0.4 is 4.74 Å². The van der Waals surface area contributed by atoms with E-state index in [1.807, 2.05) is 36.4 Å². The number of nitrogens with zero attached hydrogens (tertiary/aromatic N) is 2. The maximum atomic E-state index is 6.23. The Bertz CT molecular complexity index is 819. The molecule has 0 amide bonds. The Morgan fingerprint density at radius 1 is 1.22 bits per heavy atom. The second-order valence-electron chi connectivity index (χ2n) is 5.69. The Morgan fingerprint density at radius 2 is 2.04 bits per heavy atom. The number of rotatable bonds is 6. The normalized spacial score (nSPS) is 12.3. The number of para-hydroxylation sites is 2. The lowest BCUT2D eigenvalue weighted by atomic mass is 10.2. The second kappa shape index (κ2) is 6.69. The first-order chi connectivity index (χ1) is 11.2. The third-order valence-electron chi connectivity index (χ3n) is 3.92. The van der Waals surface area contributed by atoms with Gasteiger partial charge in [-0.25, -0.2) is 4.98 Å². The van der Waals surface area contributed by atoms with E-state index in [1.54, 1.807) is 0 Å². The lowest BCUT2D eigenvalue weighted by molar-refractivity contribution is 0.187. The number of aromatic nitrogens is 2. The van der Waals surface area contributed by atoms with Gasteiger partial charge < -0.3 is 9.30 Å². The van der Waals surface area contributed by atoms with Crippen LogP contribution in [0.4, 0.5) is 0 Å². The van der Waals surface area contributed by atoms with Gasteiger partial charge in [-0.1, -0.05) is 37.3 Å². The van der Waals surface area contributed by atoms with Crippen molar-refractivity contribution < 1.29 is 4.74 Å². The highest BCUT2D eigenvalue weighted by atomic mass is 16.5. The molecule has 2 aromatic carbocycles. The Hall–Kier alpha value is -2.55. The van der Waals surface area contributed by atoms with Crippen molar-refractivity contribution in [3.8, 4) is 5.75 Å². The molecular formula is C20H22N2O. The van der Waals surface area contributed by atoms with Crippen molar-refractivity contribution >= 4 is 11.0 Å². The smallest absolute Gasteiger partial charge is 0.156 e. The van der Waals surface area contributed by atoms with E-state index in [1.165, 1.54) is 5.56 Å². The summed E-state index contributed by atoms with van der Waals surface area (Å²) in [6, 6.07) is 16.3. The van der Waals surface area contributed by atoms with Crippen molar-refractivity contribution in [2.75, 3.05) is 0 Å². The van der Waals surface area contributed by atoms with Gasteiger partial charge in [0, 0.05) is 6.54 Å². The zero-order valence-corrected chi connectivity index (χ0v) is 13.7. The van der Waals surface area contributed by atoms with Crippen LogP contribution in [-0.2, 0) is 6.54 Å². The molecular weight excluding hydrogens is 284 g/mol. The first-order valence-electron chi connectivity index (χ1n) is 8.02. The Balaban J connectivity index is 2.01. The van der Waals surface area contributed by atoms with E-state index in [4.69, 9.17) is 9.72 Å². The summed E-state index contributed by atoms with van der Waals surface area (Å²) in [6.45, 7) is 8.79. The number of imidazole rings is 1. The van der Waals surface area contributed by atoms with Gasteiger partial charge in [0.2, 0.25) is 0 Å². The van der Waals surface area contributed by atoms with Crippen molar-refractivity contribution in [3.63, 3.8) is 0 Å². The molecule has 0 saturated carbocycles. The van der Waals surface area contributed by atoms with Crippen LogP contribution in [0.25, 0.3) is 11.0 Å². The average molecular weight is 306 g/mol. The molecule has 1 unspecified atom stereocenters. The SMILES string of the molecule is C=CCn1c(C(CC)Oc2cccc(C)c2)nc2ccccc21. The molecule has 0 aliphatic heterocycles. The number of hydrogen-bond acceptors (Lipinski definition) is 2. The van der Waals surface area contributed by atoms with Crippen LogP contribution >= 0.6 is 0 Å². The largest absolute Gasteiger partial charge is 0.483 e. The number of aryl methyl sites for hydroxylation is 1. The third-order valence-corrected chi connectivity index (χ3v) is 3.92. The van der Waals surface area contributed by atoms with Crippen molar-refractivity contribution in [2.45, 2.75) is 32.9 Å². The lowest BCUT2D eigenvalue weighted by Gasteiger charge is -2.18. The lowest BCUT2D eigenvalue weighted by Crippen LogP contribution is -2.13. The molecule has 1 heterocycles. The van der Waals surface area contributed by atoms with Gasteiger partial charge in [0.25, 0.3) is 0 Å². The molecule has 1 aromatic heterocycles.